The van der Waals surface area contributed by atoms with Crippen molar-refractivity contribution < 1.29 is 0 Å². The second kappa shape index (κ2) is 3.55. The standard InChI is InChI=1S/C9H11N5/c1-6-3-2-4-7(11-6)9-12-8(5-10)13-14-9/h2-4H,5,10H2,1H3,(H,12,13,14). The predicted octanol–water partition coefficient (Wildman–Crippen LogP) is 0.634. The van der Waals surface area contributed by atoms with Gasteiger partial charge in [0.05, 0.1) is 6.54 Å². The molecule has 0 atom stereocenters. The lowest BCUT2D eigenvalue weighted by Gasteiger charge is -1.94. The van der Waals surface area contributed by atoms with Gasteiger partial charge in [-0.05, 0) is 19.1 Å². The molecular weight excluding hydrogens is 178 g/mol. The maximum atomic E-state index is 5.42. The Morgan fingerprint density at radius 3 is 2.86 bits per heavy atom. The largest absolute Gasteiger partial charge is 0.324 e. The van der Waals surface area contributed by atoms with Crippen molar-refractivity contribution in [2.75, 3.05) is 0 Å². The first-order valence-electron chi connectivity index (χ1n) is 4.35. The molecule has 5 nitrogen and oxygen atoms in total. The second-order valence-corrected chi connectivity index (χ2v) is 2.97. The van der Waals surface area contributed by atoms with E-state index in [4.69, 9.17) is 5.73 Å². The Morgan fingerprint density at radius 2 is 2.21 bits per heavy atom. The van der Waals surface area contributed by atoms with Crippen LogP contribution in [-0.2, 0) is 6.54 Å². The first-order chi connectivity index (χ1) is 6.79. The Bertz CT molecular complexity index is 434. The molecule has 72 valence electrons. The monoisotopic (exact) mass is 189 g/mol. The van der Waals surface area contributed by atoms with Gasteiger partial charge in [-0.1, -0.05) is 6.07 Å². The minimum Gasteiger partial charge on any atom is -0.324 e. The summed E-state index contributed by atoms with van der Waals surface area (Å²) in [6.07, 6.45) is 0. The number of pyridine rings is 1. The van der Waals surface area contributed by atoms with Crippen LogP contribution in [0.2, 0.25) is 0 Å². The Hall–Kier alpha value is -1.75. The summed E-state index contributed by atoms with van der Waals surface area (Å²) >= 11 is 0. The molecule has 0 amide bonds. The summed E-state index contributed by atoms with van der Waals surface area (Å²) in [4.78, 5) is 8.49. The van der Waals surface area contributed by atoms with Crippen molar-refractivity contribution in [1.29, 1.82) is 0 Å². The Morgan fingerprint density at radius 1 is 1.36 bits per heavy atom. The van der Waals surface area contributed by atoms with E-state index in [1.54, 1.807) is 0 Å². The van der Waals surface area contributed by atoms with Gasteiger partial charge in [-0.15, -0.1) is 0 Å². The van der Waals surface area contributed by atoms with E-state index < -0.39 is 0 Å². The molecule has 0 radical (unpaired) electrons. The molecule has 0 aliphatic rings. The fraction of sp³-hybridized carbons (Fsp3) is 0.222. The van der Waals surface area contributed by atoms with Crippen molar-refractivity contribution in [2.45, 2.75) is 13.5 Å². The van der Waals surface area contributed by atoms with Crippen LogP contribution in [0.15, 0.2) is 18.2 Å². The third kappa shape index (κ3) is 1.62. The van der Waals surface area contributed by atoms with Crippen LogP contribution in [0.25, 0.3) is 11.5 Å². The van der Waals surface area contributed by atoms with E-state index in [0.29, 0.717) is 18.2 Å². The second-order valence-electron chi connectivity index (χ2n) is 2.97. The number of nitrogens with two attached hydrogens (primary N) is 1. The van der Waals surface area contributed by atoms with E-state index in [1.165, 1.54) is 0 Å². The van der Waals surface area contributed by atoms with Gasteiger partial charge in [0.2, 0.25) is 0 Å². The number of H-pyrrole nitrogens is 1. The van der Waals surface area contributed by atoms with Crippen molar-refractivity contribution in [3.63, 3.8) is 0 Å². The summed E-state index contributed by atoms with van der Waals surface area (Å²) < 4.78 is 0. The molecule has 0 aliphatic heterocycles. The minimum absolute atomic E-state index is 0.360. The van der Waals surface area contributed by atoms with Crippen LogP contribution in [0.4, 0.5) is 0 Å². The molecule has 0 aliphatic carbocycles. The van der Waals surface area contributed by atoms with Crippen LogP contribution >= 0.6 is 0 Å². The van der Waals surface area contributed by atoms with Crippen molar-refractivity contribution in [2.24, 2.45) is 5.73 Å². The molecular formula is C9H11N5. The number of aryl methyl sites for hydroxylation is 1. The van der Waals surface area contributed by atoms with Gasteiger partial charge in [0, 0.05) is 5.69 Å². The molecule has 0 saturated heterocycles. The van der Waals surface area contributed by atoms with Crippen LogP contribution in [0.5, 0.6) is 0 Å². The molecule has 0 fully saturated rings. The zero-order chi connectivity index (χ0) is 9.97. The molecule has 0 saturated carbocycles. The van der Waals surface area contributed by atoms with Gasteiger partial charge in [0.15, 0.2) is 5.82 Å². The predicted molar refractivity (Wildman–Crippen MR) is 52.2 cm³/mol. The summed E-state index contributed by atoms with van der Waals surface area (Å²) in [7, 11) is 0. The van der Waals surface area contributed by atoms with Crippen LogP contribution in [0, 0.1) is 6.92 Å². The summed E-state index contributed by atoms with van der Waals surface area (Å²) in [5, 5.41) is 6.77. The SMILES string of the molecule is Cc1cccc(-c2n[nH]c(CN)n2)n1. The number of aromatic nitrogens is 4. The lowest BCUT2D eigenvalue weighted by molar-refractivity contribution is 0.917. The number of nitrogens with one attached hydrogen (secondary N) is 1. The fourth-order valence-electron chi connectivity index (χ4n) is 1.17. The first-order valence-corrected chi connectivity index (χ1v) is 4.35. The summed E-state index contributed by atoms with van der Waals surface area (Å²) in [5.41, 5.74) is 7.13. The molecule has 2 heterocycles. The highest BCUT2D eigenvalue weighted by Crippen LogP contribution is 2.11. The van der Waals surface area contributed by atoms with E-state index in [1.807, 2.05) is 25.1 Å². The fourth-order valence-corrected chi connectivity index (χ4v) is 1.17. The maximum absolute atomic E-state index is 5.42. The molecule has 2 rings (SSSR count). The highest BCUT2D eigenvalue weighted by molar-refractivity contribution is 5.48. The number of hydrogen-bond donors (Lipinski definition) is 2. The van der Waals surface area contributed by atoms with Crippen LogP contribution in [0.3, 0.4) is 0 Å². The molecule has 2 aromatic rings. The lowest BCUT2D eigenvalue weighted by Crippen LogP contribution is -1.98. The topological polar surface area (TPSA) is 80.5 Å². The highest BCUT2D eigenvalue weighted by Gasteiger charge is 2.05. The smallest absolute Gasteiger partial charge is 0.199 e. The van der Waals surface area contributed by atoms with Gasteiger partial charge in [0.25, 0.3) is 0 Å². The van der Waals surface area contributed by atoms with Crippen LogP contribution in [-0.4, -0.2) is 20.2 Å². The summed E-state index contributed by atoms with van der Waals surface area (Å²) in [6, 6.07) is 5.73. The Labute approximate surface area is 81.4 Å². The average Bonchev–Trinajstić information content (AvgIpc) is 2.66. The molecule has 3 N–H and O–H groups in total. The molecule has 0 aromatic carbocycles. The van der Waals surface area contributed by atoms with Gasteiger partial charge in [-0.3, -0.25) is 5.10 Å². The molecule has 5 heteroatoms. The average molecular weight is 189 g/mol. The normalized spacial score (nSPS) is 10.4. The zero-order valence-electron chi connectivity index (χ0n) is 7.86. The number of hydrogen-bond acceptors (Lipinski definition) is 4. The molecule has 0 bridgehead atoms. The summed E-state index contributed by atoms with van der Waals surface area (Å²) in [6.45, 7) is 2.29. The van der Waals surface area contributed by atoms with Gasteiger partial charge in [-0.2, -0.15) is 5.10 Å². The Balaban J connectivity index is 2.39. The molecule has 2 aromatic heterocycles. The summed E-state index contributed by atoms with van der Waals surface area (Å²) in [5.74, 6) is 1.26. The third-order valence-electron chi connectivity index (χ3n) is 1.84. The van der Waals surface area contributed by atoms with Crippen LogP contribution in [0.1, 0.15) is 11.5 Å². The van der Waals surface area contributed by atoms with Gasteiger partial charge < -0.3 is 5.73 Å². The van der Waals surface area contributed by atoms with Crippen molar-refractivity contribution in [1.82, 2.24) is 20.2 Å². The lowest BCUT2D eigenvalue weighted by atomic mass is 10.3. The van der Waals surface area contributed by atoms with E-state index in [2.05, 4.69) is 20.2 Å². The maximum Gasteiger partial charge on any atom is 0.199 e. The number of nitrogens with zero attached hydrogens (tertiary/aromatic N) is 3. The van der Waals surface area contributed by atoms with Crippen molar-refractivity contribution in [3.05, 3.63) is 29.7 Å². The number of aromatic amines is 1. The van der Waals surface area contributed by atoms with E-state index in [-0.39, 0.29) is 0 Å². The van der Waals surface area contributed by atoms with E-state index in [0.717, 1.165) is 11.4 Å². The van der Waals surface area contributed by atoms with Crippen molar-refractivity contribution in [3.8, 4) is 11.5 Å². The van der Waals surface area contributed by atoms with Crippen molar-refractivity contribution >= 4 is 0 Å². The van der Waals surface area contributed by atoms with Gasteiger partial charge in [0.1, 0.15) is 11.5 Å². The highest BCUT2D eigenvalue weighted by atomic mass is 15.2. The van der Waals surface area contributed by atoms with Crippen LogP contribution < -0.4 is 5.73 Å². The molecule has 0 unspecified atom stereocenters. The first kappa shape index (κ1) is 8.83. The quantitative estimate of drug-likeness (QED) is 0.726. The molecule has 0 spiro atoms. The van der Waals surface area contributed by atoms with Gasteiger partial charge in [-0.25, -0.2) is 9.97 Å². The van der Waals surface area contributed by atoms with E-state index >= 15 is 0 Å². The molecule has 14 heavy (non-hydrogen) atoms. The number of rotatable bonds is 2. The zero-order valence-corrected chi connectivity index (χ0v) is 7.86. The third-order valence-corrected chi connectivity index (χ3v) is 1.84. The Kier molecular flexibility index (Phi) is 2.24. The van der Waals surface area contributed by atoms with Gasteiger partial charge >= 0.3 is 0 Å². The van der Waals surface area contributed by atoms with E-state index in [9.17, 15) is 0 Å². The minimum atomic E-state index is 0.360.